The van der Waals surface area contributed by atoms with E-state index in [1.54, 1.807) is 0 Å². The third-order valence-corrected chi connectivity index (χ3v) is 7.07. The molecule has 3 saturated carbocycles. The quantitative estimate of drug-likeness (QED) is 0.513. The second kappa shape index (κ2) is 7.58. The molecule has 3 aliphatic carbocycles. The molecule has 2 saturated heterocycles. The number of hydrogen-bond acceptors (Lipinski definition) is 6. The molecule has 8 nitrogen and oxygen atoms in total. The van der Waals surface area contributed by atoms with E-state index < -0.39 is 5.82 Å². The molecule has 1 aromatic rings. The van der Waals surface area contributed by atoms with E-state index in [9.17, 15) is 14.0 Å². The highest BCUT2D eigenvalue weighted by molar-refractivity contribution is 6.30. The van der Waals surface area contributed by atoms with Crippen molar-refractivity contribution >= 4 is 23.4 Å². The molecule has 3 atom stereocenters. The molecule has 5 fully saturated rings. The Hall–Kier alpha value is -1.94. The van der Waals surface area contributed by atoms with Crippen molar-refractivity contribution in [1.82, 2.24) is 26.4 Å². The molecule has 2 bridgehead atoms. The van der Waals surface area contributed by atoms with Crippen LogP contribution in [-0.4, -0.2) is 59.8 Å². The van der Waals surface area contributed by atoms with Gasteiger partial charge in [0, 0.05) is 36.7 Å². The first-order chi connectivity index (χ1) is 14.7. The van der Waals surface area contributed by atoms with Crippen LogP contribution in [0.3, 0.4) is 0 Å². The van der Waals surface area contributed by atoms with Gasteiger partial charge in [-0.1, -0.05) is 18.5 Å². The number of nitrogens with one attached hydrogen (secondary N) is 4. The van der Waals surface area contributed by atoms with Crippen LogP contribution in [0, 0.1) is 11.7 Å². The van der Waals surface area contributed by atoms with E-state index in [-0.39, 0.29) is 52.5 Å². The van der Waals surface area contributed by atoms with Crippen LogP contribution in [0.1, 0.15) is 32.6 Å². The van der Waals surface area contributed by atoms with Gasteiger partial charge in [0.2, 0.25) is 5.91 Å². The molecule has 1 aromatic carbocycles. The number of fused-ring (bicyclic) bond motifs is 1. The Morgan fingerprint density at radius 1 is 1.29 bits per heavy atom. The lowest BCUT2D eigenvalue weighted by atomic mass is 9.44. The maximum Gasteiger partial charge on any atom is 0.258 e. The predicted molar refractivity (Wildman–Crippen MR) is 112 cm³/mol. The van der Waals surface area contributed by atoms with Crippen LogP contribution in [0.4, 0.5) is 4.39 Å². The number of amides is 2. The highest BCUT2D eigenvalue weighted by Gasteiger charge is 2.69. The Balaban J connectivity index is 1.05. The van der Waals surface area contributed by atoms with Crippen molar-refractivity contribution in [1.29, 1.82) is 0 Å². The number of ether oxygens (including phenoxy) is 1. The molecular weight excluding hydrogens is 425 g/mol. The molecule has 31 heavy (non-hydrogen) atoms. The van der Waals surface area contributed by atoms with Gasteiger partial charge >= 0.3 is 0 Å². The number of halogens is 2. The summed E-state index contributed by atoms with van der Waals surface area (Å²) in [6.45, 7) is 3.90. The van der Waals surface area contributed by atoms with Crippen molar-refractivity contribution in [2.24, 2.45) is 5.92 Å². The second-order valence-electron chi connectivity index (χ2n) is 9.59. The van der Waals surface area contributed by atoms with Gasteiger partial charge in [-0.25, -0.2) is 14.8 Å². The first-order valence-electron chi connectivity index (χ1n) is 10.7. The summed E-state index contributed by atoms with van der Waals surface area (Å²) in [6, 6.07) is 3.83. The predicted octanol–water partition coefficient (Wildman–Crippen LogP) is 0.910. The Labute approximate surface area is 185 Å². The van der Waals surface area contributed by atoms with Crippen LogP contribution in [-0.2, 0) is 9.59 Å². The van der Waals surface area contributed by atoms with Gasteiger partial charge in [0.25, 0.3) is 5.91 Å². The number of hydrogen-bond donors (Lipinski definition) is 4. The molecule has 3 unspecified atom stereocenters. The van der Waals surface area contributed by atoms with Crippen molar-refractivity contribution in [3.8, 4) is 5.75 Å². The third kappa shape index (κ3) is 4.00. The largest absolute Gasteiger partial charge is 0.484 e. The second-order valence-corrected chi connectivity index (χ2v) is 10.00. The molecular formula is C21H27ClFN5O3. The Bertz CT molecular complexity index is 895. The summed E-state index contributed by atoms with van der Waals surface area (Å²) >= 11 is 5.64. The number of carbonyl (C=O) groups is 2. The number of benzene rings is 1. The monoisotopic (exact) mass is 451 g/mol. The number of hydrazine groups is 1. The number of rotatable bonds is 6. The molecule has 2 heterocycles. The lowest BCUT2D eigenvalue weighted by Gasteiger charge is -2.70. The fourth-order valence-corrected chi connectivity index (χ4v) is 5.54. The summed E-state index contributed by atoms with van der Waals surface area (Å²) in [6.07, 6.45) is 3.13. The maximum absolute atomic E-state index is 13.4. The normalized spacial score (nSPS) is 36.0. The molecule has 0 aromatic heterocycles. The van der Waals surface area contributed by atoms with Crippen LogP contribution in [0.5, 0.6) is 5.75 Å². The van der Waals surface area contributed by atoms with Crippen molar-refractivity contribution in [3.05, 3.63) is 29.0 Å². The van der Waals surface area contributed by atoms with Gasteiger partial charge in [-0.2, -0.15) is 0 Å². The van der Waals surface area contributed by atoms with Gasteiger partial charge < -0.3 is 20.7 Å². The lowest BCUT2D eigenvalue weighted by Crippen LogP contribution is -2.84. The fraction of sp³-hybridized carbons (Fsp3) is 0.619. The van der Waals surface area contributed by atoms with Crippen molar-refractivity contribution in [2.45, 2.75) is 55.9 Å². The molecule has 4 N–H and O–H groups in total. The van der Waals surface area contributed by atoms with Gasteiger partial charge in [-0.15, -0.1) is 0 Å². The zero-order valence-electron chi connectivity index (χ0n) is 17.3. The molecule has 168 valence electrons. The standard InChI is InChI=1S/C21H27ClFN5O3/c1-12-6-24-17-5-16(27-28(17)7-12)19(30)26-21-9-20(10-21,11-21)25-18(29)8-31-13-2-3-14(22)15(23)4-13/h2-4,12,16-17,24,27H,5-11H2,1H3,(H,25,29)(H,26,30). The Morgan fingerprint density at radius 2 is 2.03 bits per heavy atom. The minimum atomic E-state index is -0.588. The summed E-state index contributed by atoms with van der Waals surface area (Å²) in [7, 11) is 0. The van der Waals surface area contributed by atoms with Gasteiger partial charge in [0.1, 0.15) is 17.6 Å². The highest BCUT2D eigenvalue weighted by atomic mass is 35.5. The van der Waals surface area contributed by atoms with E-state index in [2.05, 4.69) is 33.3 Å². The first-order valence-corrected chi connectivity index (χ1v) is 11.1. The van der Waals surface area contributed by atoms with Gasteiger partial charge in [-0.05, 0) is 37.3 Å². The van der Waals surface area contributed by atoms with Crippen LogP contribution >= 0.6 is 11.6 Å². The lowest BCUT2D eigenvalue weighted by molar-refractivity contribution is -0.151. The van der Waals surface area contributed by atoms with E-state index in [4.69, 9.17) is 16.3 Å². The first kappa shape index (κ1) is 20.9. The SMILES string of the molecule is CC1CNC2CC(C(=O)NC34CC(NC(=O)COc5ccc(Cl)c(F)c5)(C3)C4)NN2C1. The summed E-state index contributed by atoms with van der Waals surface area (Å²) < 4.78 is 18.8. The maximum atomic E-state index is 13.4. The summed E-state index contributed by atoms with van der Waals surface area (Å²) in [5.74, 6) is -0.0205. The molecule has 10 heteroatoms. The Kier molecular flexibility index (Phi) is 5.12. The molecule has 0 radical (unpaired) electrons. The number of nitrogens with zero attached hydrogens (tertiary/aromatic N) is 1. The van der Waals surface area contributed by atoms with Crippen LogP contribution in [0.15, 0.2) is 18.2 Å². The molecule has 2 amide bonds. The third-order valence-electron chi connectivity index (χ3n) is 6.77. The van der Waals surface area contributed by atoms with Crippen LogP contribution in [0.25, 0.3) is 0 Å². The van der Waals surface area contributed by atoms with Crippen molar-refractivity contribution < 1.29 is 18.7 Å². The van der Waals surface area contributed by atoms with Gasteiger partial charge in [-0.3, -0.25) is 9.59 Å². The van der Waals surface area contributed by atoms with E-state index in [0.29, 0.717) is 5.92 Å². The average Bonchev–Trinajstić information content (AvgIpc) is 3.09. The van der Waals surface area contributed by atoms with E-state index in [0.717, 1.165) is 44.8 Å². The van der Waals surface area contributed by atoms with E-state index in [1.165, 1.54) is 12.1 Å². The molecule has 0 spiro atoms. The molecule has 6 rings (SSSR count). The van der Waals surface area contributed by atoms with E-state index >= 15 is 0 Å². The van der Waals surface area contributed by atoms with Gasteiger partial charge in [0.15, 0.2) is 6.61 Å². The van der Waals surface area contributed by atoms with E-state index in [1.807, 2.05) is 0 Å². The zero-order chi connectivity index (χ0) is 21.8. The van der Waals surface area contributed by atoms with Crippen molar-refractivity contribution in [3.63, 3.8) is 0 Å². The average molecular weight is 452 g/mol. The molecule has 5 aliphatic rings. The summed E-state index contributed by atoms with van der Waals surface area (Å²) in [4.78, 5) is 25.0. The zero-order valence-corrected chi connectivity index (χ0v) is 18.1. The van der Waals surface area contributed by atoms with Crippen molar-refractivity contribution in [2.75, 3.05) is 19.7 Å². The fourth-order valence-electron chi connectivity index (χ4n) is 5.42. The van der Waals surface area contributed by atoms with Crippen LogP contribution < -0.4 is 26.1 Å². The highest BCUT2D eigenvalue weighted by Crippen LogP contribution is 2.60. The molecule has 2 aliphatic heterocycles. The number of carbonyl (C=O) groups excluding carboxylic acids is 2. The summed E-state index contributed by atoms with van der Waals surface area (Å²) in [5, 5.41) is 11.8. The minimum absolute atomic E-state index is 0.00703. The topological polar surface area (TPSA) is 94.7 Å². The van der Waals surface area contributed by atoms with Gasteiger partial charge in [0.05, 0.1) is 11.2 Å². The minimum Gasteiger partial charge on any atom is -0.484 e. The van der Waals surface area contributed by atoms with Crippen LogP contribution in [0.2, 0.25) is 5.02 Å². The summed E-state index contributed by atoms with van der Waals surface area (Å²) in [5.41, 5.74) is 2.85. The smallest absolute Gasteiger partial charge is 0.258 e. The Morgan fingerprint density at radius 3 is 2.77 bits per heavy atom.